The second-order valence-electron chi connectivity index (χ2n) is 9.06. The number of nitrogens with one attached hydrogen (secondary N) is 2. The monoisotopic (exact) mass is 466 g/mol. The zero-order valence-corrected chi connectivity index (χ0v) is 19.3. The van der Waals surface area contributed by atoms with E-state index in [1.54, 1.807) is 36.1 Å². The summed E-state index contributed by atoms with van der Waals surface area (Å²) in [5.74, 6) is -0.595. The van der Waals surface area contributed by atoms with E-state index in [0.29, 0.717) is 36.3 Å². The number of aromatic nitrogens is 1. The normalized spacial score (nSPS) is 21.8. The molecular weight excluding hydrogens is 439 g/mol. The summed E-state index contributed by atoms with van der Waals surface area (Å²) in [7, 11) is 3.23. The third-order valence-corrected chi connectivity index (χ3v) is 6.93. The SMILES string of the molecule is CNCCCN1C(=O)N2[C@H](c3cccc(O)c3)c3[nH]c4cc(F)c(OC)cc4c3C[C@@]2(C)C1=O. The van der Waals surface area contributed by atoms with E-state index in [1.165, 1.54) is 18.1 Å². The highest BCUT2D eigenvalue weighted by Gasteiger charge is 2.60. The molecule has 0 radical (unpaired) electrons. The maximum atomic E-state index is 14.5. The number of hydrogen-bond acceptors (Lipinski definition) is 5. The standard InChI is InChI=1S/C25H27FN4O4/c1-25-13-17-16-11-20(34-3)18(26)12-19(16)28-21(17)22(14-6-4-7-15(31)10-14)30(25)24(33)29(23(25)32)9-5-8-27-2/h4,6-7,10-12,22,27-28,31H,5,8-9,13H2,1-3H3/t22-,25+/m1/s1. The number of phenols is 1. The van der Waals surface area contributed by atoms with E-state index in [0.717, 1.165) is 10.9 Å². The summed E-state index contributed by atoms with van der Waals surface area (Å²) in [6.07, 6.45) is 0.916. The van der Waals surface area contributed by atoms with Gasteiger partial charge in [-0.1, -0.05) is 12.1 Å². The summed E-state index contributed by atoms with van der Waals surface area (Å²) < 4.78 is 19.7. The highest BCUT2D eigenvalue weighted by atomic mass is 19.1. The van der Waals surface area contributed by atoms with Crippen LogP contribution in [0.5, 0.6) is 11.5 Å². The maximum Gasteiger partial charge on any atom is 0.328 e. The molecule has 178 valence electrons. The lowest BCUT2D eigenvalue weighted by Gasteiger charge is -2.42. The van der Waals surface area contributed by atoms with Gasteiger partial charge in [0.25, 0.3) is 5.91 Å². The number of methoxy groups -OCH3 is 1. The third-order valence-electron chi connectivity index (χ3n) is 6.93. The molecule has 0 unspecified atom stereocenters. The molecule has 2 atom stereocenters. The van der Waals surface area contributed by atoms with Gasteiger partial charge in [-0.05, 0) is 56.3 Å². The highest BCUT2D eigenvalue weighted by molar-refractivity contribution is 6.08. The first-order chi connectivity index (χ1) is 16.3. The molecule has 34 heavy (non-hydrogen) atoms. The number of fused-ring (bicyclic) bond motifs is 4. The molecule has 2 aliphatic rings. The predicted octanol–water partition coefficient (Wildman–Crippen LogP) is 3.30. The first-order valence-corrected chi connectivity index (χ1v) is 11.3. The van der Waals surface area contributed by atoms with Gasteiger partial charge in [-0.15, -0.1) is 0 Å². The van der Waals surface area contributed by atoms with Crippen LogP contribution in [0.2, 0.25) is 0 Å². The molecule has 0 spiro atoms. The average molecular weight is 467 g/mol. The van der Waals surface area contributed by atoms with E-state index in [4.69, 9.17) is 4.74 Å². The number of amides is 3. The number of aromatic hydroxyl groups is 1. The van der Waals surface area contributed by atoms with E-state index in [1.807, 2.05) is 13.1 Å². The molecular formula is C25H27FN4O4. The maximum absolute atomic E-state index is 14.5. The molecule has 3 heterocycles. The Hall–Kier alpha value is -3.59. The Balaban J connectivity index is 1.71. The van der Waals surface area contributed by atoms with Crippen LogP contribution in [-0.4, -0.2) is 64.6 Å². The van der Waals surface area contributed by atoms with Gasteiger partial charge in [0.05, 0.1) is 7.11 Å². The lowest BCUT2D eigenvalue weighted by Crippen LogP contribution is -2.53. The molecule has 1 fully saturated rings. The van der Waals surface area contributed by atoms with Gasteiger partial charge in [-0.3, -0.25) is 14.6 Å². The molecule has 0 saturated carbocycles. The van der Waals surface area contributed by atoms with Gasteiger partial charge in [-0.2, -0.15) is 0 Å². The molecule has 8 nitrogen and oxygen atoms in total. The molecule has 2 aromatic carbocycles. The van der Waals surface area contributed by atoms with Crippen LogP contribution in [0.4, 0.5) is 9.18 Å². The van der Waals surface area contributed by atoms with Crippen LogP contribution in [0, 0.1) is 5.82 Å². The van der Waals surface area contributed by atoms with E-state index in [-0.39, 0.29) is 29.9 Å². The van der Waals surface area contributed by atoms with Crippen LogP contribution < -0.4 is 10.1 Å². The van der Waals surface area contributed by atoms with E-state index in [2.05, 4.69) is 10.3 Å². The molecule has 1 saturated heterocycles. The number of halogens is 1. The largest absolute Gasteiger partial charge is 0.508 e. The summed E-state index contributed by atoms with van der Waals surface area (Å²) >= 11 is 0. The van der Waals surface area contributed by atoms with Crippen molar-refractivity contribution in [3.8, 4) is 11.5 Å². The second-order valence-corrected chi connectivity index (χ2v) is 9.06. The van der Waals surface area contributed by atoms with Crippen molar-refractivity contribution in [2.24, 2.45) is 0 Å². The number of rotatable bonds is 6. The van der Waals surface area contributed by atoms with Gasteiger partial charge < -0.3 is 20.1 Å². The van der Waals surface area contributed by atoms with Gasteiger partial charge in [0.1, 0.15) is 17.3 Å². The number of carbonyl (C=O) groups is 2. The molecule has 9 heteroatoms. The first-order valence-electron chi connectivity index (χ1n) is 11.3. The van der Waals surface area contributed by atoms with Gasteiger partial charge in [0.15, 0.2) is 11.6 Å². The van der Waals surface area contributed by atoms with Crippen LogP contribution in [-0.2, 0) is 11.2 Å². The van der Waals surface area contributed by atoms with Crippen molar-refractivity contribution in [2.75, 3.05) is 27.2 Å². The van der Waals surface area contributed by atoms with Crippen molar-refractivity contribution in [1.29, 1.82) is 0 Å². The lowest BCUT2D eigenvalue weighted by atomic mass is 9.81. The van der Waals surface area contributed by atoms with Crippen LogP contribution in [0.25, 0.3) is 10.9 Å². The number of H-pyrrole nitrogens is 1. The quantitative estimate of drug-likeness (QED) is 0.383. The van der Waals surface area contributed by atoms with Crippen molar-refractivity contribution < 1.29 is 23.8 Å². The molecule has 5 rings (SSSR count). The number of benzene rings is 2. The highest BCUT2D eigenvalue weighted by Crippen LogP contribution is 2.49. The molecule has 3 amide bonds. The number of ether oxygens (including phenoxy) is 1. The number of carbonyl (C=O) groups excluding carboxylic acids is 2. The van der Waals surface area contributed by atoms with Crippen molar-refractivity contribution in [3.05, 3.63) is 59.0 Å². The third kappa shape index (κ3) is 3.14. The van der Waals surface area contributed by atoms with E-state index in [9.17, 15) is 19.1 Å². The lowest BCUT2D eigenvalue weighted by molar-refractivity contribution is -0.133. The molecule has 3 aromatic rings. The van der Waals surface area contributed by atoms with Crippen molar-refractivity contribution in [2.45, 2.75) is 31.3 Å². The van der Waals surface area contributed by atoms with E-state index >= 15 is 0 Å². The molecule has 1 aromatic heterocycles. The van der Waals surface area contributed by atoms with Gasteiger partial charge in [0.2, 0.25) is 0 Å². The Morgan fingerprint density at radius 2 is 2.09 bits per heavy atom. The Bertz CT molecular complexity index is 1310. The minimum atomic E-state index is -1.13. The van der Waals surface area contributed by atoms with Gasteiger partial charge in [-0.25, -0.2) is 9.18 Å². The number of hydrogen-bond donors (Lipinski definition) is 3. The summed E-state index contributed by atoms with van der Waals surface area (Å²) in [6.45, 7) is 2.77. The molecule has 0 bridgehead atoms. The Kier molecular flexibility index (Phi) is 5.24. The number of phenolic OH excluding ortho intramolecular Hbond substituents is 1. The average Bonchev–Trinajstić information content (AvgIpc) is 3.24. The zero-order chi connectivity index (χ0) is 24.2. The Morgan fingerprint density at radius 3 is 2.79 bits per heavy atom. The van der Waals surface area contributed by atoms with Crippen molar-refractivity contribution in [3.63, 3.8) is 0 Å². The fourth-order valence-electron chi connectivity index (χ4n) is 5.33. The molecule has 0 aliphatic carbocycles. The Labute approximate surface area is 196 Å². The topological polar surface area (TPSA) is 97.9 Å². The van der Waals surface area contributed by atoms with Crippen LogP contribution in [0.1, 0.15) is 36.2 Å². The summed E-state index contributed by atoms with van der Waals surface area (Å²) in [5.41, 5.74) is 1.62. The van der Waals surface area contributed by atoms with Gasteiger partial charge >= 0.3 is 6.03 Å². The molecule has 3 N–H and O–H groups in total. The predicted molar refractivity (Wildman–Crippen MR) is 124 cm³/mol. The second kappa shape index (κ2) is 8.02. The van der Waals surface area contributed by atoms with E-state index < -0.39 is 17.4 Å². The fraction of sp³-hybridized carbons (Fsp3) is 0.360. The fourth-order valence-corrected chi connectivity index (χ4v) is 5.33. The van der Waals surface area contributed by atoms with Gasteiger partial charge in [0, 0.05) is 35.6 Å². The number of nitrogens with zero attached hydrogens (tertiary/aromatic N) is 2. The zero-order valence-electron chi connectivity index (χ0n) is 19.3. The summed E-state index contributed by atoms with van der Waals surface area (Å²) in [5, 5.41) is 14.0. The van der Waals surface area contributed by atoms with Crippen LogP contribution >= 0.6 is 0 Å². The van der Waals surface area contributed by atoms with Crippen molar-refractivity contribution >= 4 is 22.8 Å². The number of aromatic amines is 1. The van der Waals surface area contributed by atoms with Crippen LogP contribution in [0.15, 0.2) is 36.4 Å². The minimum absolute atomic E-state index is 0.0546. The first kappa shape index (κ1) is 22.2. The summed E-state index contributed by atoms with van der Waals surface area (Å²) in [4.78, 5) is 33.5. The summed E-state index contributed by atoms with van der Waals surface area (Å²) in [6, 6.07) is 8.63. The molecule has 2 aliphatic heterocycles. The van der Waals surface area contributed by atoms with Crippen molar-refractivity contribution in [1.82, 2.24) is 20.1 Å². The minimum Gasteiger partial charge on any atom is -0.508 e. The number of imide groups is 1. The van der Waals surface area contributed by atoms with Crippen LogP contribution in [0.3, 0.4) is 0 Å². The Morgan fingerprint density at radius 1 is 1.29 bits per heavy atom. The smallest absolute Gasteiger partial charge is 0.328 e. The number of urea groups is 1.